The number of hydrogen-bond donors (Lipinski definition) is 0. The summed E-state index contributed by atoms with van der Waals surface area (Å²) >= 11 is 0. The van der Waals surface area contributed by atoms with Crippen molar-refractivity contribution in [3.8, 4) is 11.5 Å². The number of methoxy groups -OCH3 is 3. The number of allylic oxidation sites excluding steroid dienone is 1. The van der Waals surface area contributed by atoms with Gasteiger partial charge in [-0.2, -0.15) is 0 Å². The van der Waals surface area contributed by atoms with Crippen LogP contribution < -0.4 is 9.47 Å². The van der Waals surface area contributed by atoms with Crippen LogP contribution in [0.25, 0.3) is 0 Å². The molecule has 0 spiro atoms. The molecule has 0 atom stereocenters. The molecule has 1 rings (SSSR count). The smallest absolute Gasteiger partial charge is 0.315 e. The van der Waals surface area contributed by atoms with Gasteiger partial charge in [0.05, 0.1) is 21.3 Å². The van der Waals surface area contributed by atoms with E-state index < -0.39 is 5.97 Å². The third-order valence-corrected chi connectivity index (χ3v) is 3.26. The van der Waals surface area contributed by atoms with Crippen LogP contribution in [0.5, 0.6) is 11.5 Å². The highest BCUT2D eigenvalue weighted by Crippen LogP contribution is 2.28. The van der Waals surface area contributed by atoms with Gasteiger partial charge in [-0.05, 0) is 24.6 Å². The van der Waals surface area contributed by atoms with E-state index in [-0.39, 0.29) is 12.3 Å². The lowest BCUT2D eigenvalue weighted by Crippen LogP contribution is -2.32. The first-order valence-electron chi connectivity index (χ1n) is 7.22. The predicted octanol–water partition coefficient (Wildman–Crippen LogP) is 2.17. The molecule has 0 N–H and O–H groups in total. The Bertz CT molecular complexity index is 568. The molecule has 0 aliphatic carbocycles. The molecule has 126 valence electrons. The van der Waals surface area contributed by atoms with Gasteiger partial charge in [-0.25, -0.2) is 0 Å². The zero-order valence-electron chi connectivity index (χ0n) is 14.0. The van der Waals surface area contributed by atoms with Gasteiger partial charge in [-0.3, -0.25) is 9.59 Å². The maximum absolute atomic E-state index is 12.2. The molecular weight excluding hydrogens is 298 g/mol. The van der Waals surface area contributed by atoms with E-state index in [1.54, 1.807) is 25.2 Å². The van der Waals surface area contributed by atoms with E-state index in [4.69, 9.17) is 9.47 Å². The van der Waals surface area contributed by atoms with Crippen molar-refractivity contribution in [1.82, 2.24) is 4.90 Å². The average molecular weight is 321 g/mol. The Hall–Kier alpha value is -2.50. The molecule has 1 amide bonds. The first-order valence-corrected chi connectivity index (χ1v) is 7.22. The molecule has 0 aromatic heterocycles. The van der Waals surface area contributed by atoms with Gasteiger partial charge >= 0.3 is 5.97 Å². The van der Waals surface area contributed by atoms with Crippen molar-refractivity contribution in [3.05, 3.63) is 35.9 Å². The summed E-state index contributed by atoms with van der Waals surface area (Å²) in [5, 5.41) is 0. The highest BCUT2D eigenvalue weighted by Gasteiger charge is 2.18. The van der Waals surface area contributed by atoms with Gasteiger partial charge < -0.3 is 19.1 Å². The van der Waals surface area contributed by atoms with Gasteiger partial charge in [0.15, 0.2) is 11.5 Å². The zero-order chi connectivity index (χ0) is 17.2. The van der Waals surface area contributed by atoms with E-state index in [0.29, 0.717) is 24.6 Å². The quantitative estimate of drug-likeness (QED) is 0.417. The van der Waals surface area contributed by atoms with Crippen LogP contribution in [-0.4, -0.2) is 44.7 Å². The largest absolute Gasteiger partial charge is 0.493 e. The Balaban J connectivity index is 2.92. The molecule has 6 nitrogen and oxygen atoms in total. The maximum atomic E-state index is 12.2. The monoisotopic (exact) mass is 321 g/mol. The van der Waals surface area contributed by atoms with Crippen LogP contribution in [0.4, 0.5) is 0 Å². The Morgan fingerprint density at radius 2 is 1.83 bits per heavy atom. The number of rotatable bonds is 8. The fourth-order valence-electron chi connectivity index (χ4n) is 1.99. The summed E-state index contributed by atoms with van der Waals surface area (Å²) < 4.78 is 15.0. The number of esters is 1. The second kappa shape index (κ2) is 9.50. The van der Waals surface area contributed by atoms with Crippen LogP contribution in [0.15, 0.2) is 30.4 Å². The molecule has 0 unspecified atom stereocenters. The van der Waals surface area contributed by atoms with Gasteiger partial charge in [0.2, 0.25) is 5.91 Å². The molecule has 1 aromatic rings. The van der Waals surface area contributed by atoms with Gasteiger partial charge in [0.25, 0.3) is 0 Å². The molecule has 0 heterocycles. The van der Waals surface area contributed by atoms with Crippen molar-refractivity contribution in [3.63, 3.8) is 0 Å². The second-order valence-corrected chi connectivity index (χ2v) is 4.79. The van der Waals surface area contributed by atoms with Gasteiger partial charge in [0, 0.05) is 13.1 Å². The Morgan fingerprint density at radius 3 is 2.39 bits per heavy atom. The lowest BCUT2D eigenvalue weighted by Gasteiger charge is -2.21. The molecular formula is C17H23NO5. The first kappa shape index (κ1) is 18.5. The van der Waals surface area contributed by atoms with E-state index in [1.165, 1.54) is 7.11 Å². The molecule has 0 aliphatic rings. The van der Waals surface area contributed by atoms with Crippen molar-refractivity contribution >= 4 is 11.9 Å². The topological polar surface area (TPSA) is 65.1 Å². The molecule has 0 bridgehead atoms. The summed E-state index contributed by atoms with van der Waals surface area (Å²) in [6.07, 6.45) is 3.43. The van der Waals surface area contributed by atoms with E-state index in [1.807, 2.05) is 31.2 Å². The molecule has 1 aromatic carbocycles. The van der Waals surface area contributed by atoms with Gasteiger partial charge in [-0.15, -0.1) is 0 Å². The summed E-state index contributed by atoms with van der Waals surface area (Å²) in [4.78, 5) is 25.1. The van der Waals surface area contributed by atoms with E-state index in [2.05, 4.69) is 4.74 Å². The average Bonchev–Trinajstić information content (AvgIpc) is 2.57. The fraction of sp³-hybridized carbons (Fsp3) is 0.412. The van der Waals surface area contributed by atoms with Crippen LogP contribution in [0.2, 0.25) is 0 Å². The Kier molecular flexibility index (Phi) is 7.66. The zero-order valence-corrected chi connectivity index (χ0v) is 14.0. The molecule has 0 radical (unpaired) electrons. The third-order valence-electron chi connectivity index (χ3n) is 3.26. The summed E-state index contributed by atoms with van der Waals surface area (Å²) in [5.74, 6) is 0.381. The van der Waals surface area contributed by atoms with Crippen molar-refractivity contribution in [2.24, 2.45) is 0 Å². The third kappa shape index (κ3) is 5.65. The number of ether oxygens (including phenoxy) is 3. The number of hydrogen-bond acceptors (Lipinski definition) is 5. The van der Waals surface area contributed by atoms with Crippen molar-refractivity contribution in [2.45, 2.75) is 19.9 Å². The predicted molar refractivity (Wildman–Crippen MR) is 86.4 cm³/mol. The molecule has 0 saturated heterocycles. The van der Waals surface area contributed by atoms with Crippen LogP contribution in [0.1, 0.15) is 18.9 Å². The minimum Gasteiger partial charge on any atom is -0.493 e. The summed E-state index contributed by atoms with van der Waals surface area (Å²) in [6.45, 7) is 2.65. The molecule has 23 heavy (non-hydrogen) atoms. The Labute approximate surface area is 136 Å². The lowest BCUT2D eigenvalue weighted by molar-refractivity contribution is -0.146. The van der Waals surface area contributed by atoms with E-state index in [9.17, 15) is 9.59 Å². The first-order chi connectivity index (χ1) is 11.0. The maximum Gasteiger partial charge on any atom is 0.315 e. The number of nitrogens with zero attached hydrogens (tertiary/aromatic N) is 1. The van der Waals surface area contributed by atoms with E-state index >= 15 is 0 Å². The Morgan fingerprint density at radius 1 is 1.13 bits per heavy atom. The van der Waals surface area contributed by atoms with E-state index in [0.717, 1.165) is 5.56 Å². The highest BCUT2D eigenvalue weighted by molar-refractivity contribution is 5.94. The van der Waals surface area contributed by atoms with Crippen LogP contribution in [0.3, 0.4) is 0 Å². The van der Waals surface area contributed by atoms with Crippen molar-refractivity contribution in [1.29, 1.82) is 0 Å². The van der Waals surface area contributed by atoms with Crippen molar-refractivity contribution < 1.29 is 23.8 Å². The SMILES string of the molecule is C/C=C\CN(Cc1ccc(OC)c(OC)c1)C(=O)CC(=O)OC. The van der Waals surface area contributed by atoms with Crippen molar-refractivity contribution in [2.75, 3.05) is 27.9 Å². The normalized spacial score (nSPS) is 10.4. The number of carbonyl (C=O) groups excluding carboxylic acids is 2. The summed E-state index contributed by atoms with van der Waals surface area (Å²) in [6, 6.07) is 5.45. The van der Waals surface area contributed by atoms with Crippen LogP contribution in [0, 0.1) is 0 Å². The number of carbonyl (C=O) groups is 2. The number of benzene rings is 1. The fourth-order valence-corrected chi connectivity index (χ4v) is 1.99. The standard InChI is InChI=1S/C17H23NO5/c1-5-6-9-18(16(19)11-17(20)23-4)12-13-7-8-14(21-2)15(10-13)22-3/h5-8,10H,9,11-12H2,1-4H3/b6-5-. The second-order valence-electron chi connectivity index (χ2n) is 4.79. The number of amides is 1. The molecule has 6 heteroatoms. The lowest BCUT2D eigenvalue weighted by atomic mass is 10.1. The minimum atomic E-state index is -0.548. The molecule has 0 saturated carbocycles. The summed E-state index contributed by atoms with van der Waals surface area (Å²) in [5.41, 5.74) is 0.880. The summed E-state index contributed by atoms with van der Waals surface area (Å²) in [7, 11) is 4.39. The minimum absolute atomic E-state index is 0.276. The van der Waals surface area contributed by atoms with Crippen LogP contribution >= 0.6 is 0 Å². The van der Waals surface area contributed by atoms with Crippen LogP contribution in [-0.2, 0) is 20.9 Å². The van der Waals surface area contributed by atoms with Gasteiger partial charge in [-0.1, -0.05) is 18.2 Å². The highest BCUT2D eigenvalue weighted by atomic mass is 16.5. The van der Waals surface area contributed by atoms with Gasteiger partial charge in [0.1, 0.15) is 6.42 Å². The molecule has 0 aliphatic heterocycles. The molecule has 0 fully saturated rings.